The molecule has 34 heavy (non-hydrogen) atoms. The molecule has 0 radical (unpaired) electrons. The van der Waals surface area contributed by atoms with E-state index in [2.05, 4.69) is 0 Å². The van der Waals surface area contributed by atoms with Gasteiger partial charge in [-0.2, -0.15) is 0 Å². The van der Waals surface area contributed by atoms with E-state index in [0.717, 1.165) is 27.1 Å². The highest BCUT2D eigenvalue weighted by Gasteiger charge is 2.22. The number of nitrogens with zero attached hydrogens (tertiary/aromatic N) is 2. The molecule has 0 spiro atoms. The average molecular weight is 485 g/mol. The first kappa shape index (κ1) is 22.1. The molecule has 5 rings (SSSR count). The van der Waals surface area contributed by atoms with Crippen molar-refractivity contribution in [2.45, 2.75) is 13.5 Å². The van der Waals surface area contributed by atoms with Crippen LogP contribution in [0.15, 0.2) is 97.1 Å². The van der Waals surface area contributed by atoms with Crippen LogP contribution in [0.1, 0.15) is 21.5 Å². The number of hydrogen-bond acceptors (Lipinski definition) is 4. The lowest BCUT2D eigenvalue weighted by atomic mass is 10.1. The first-order valence-corrected chi connectivity index (χ1v) is 12.0. The van der Waals surface area contributed by atoms with Crippen LogP contribution in [-0.4, -0.2) is 10.9 Å². The molecule has 0 atom stereocenters. The quantitative estimate of drug-likeness (QED) is 0.246. The lowest BCUT2D eigenvalue weighted by Crippen LogP contribution is -2.30. The van der Waals surface area contributed by atoms with Crippen LogP contribution in [0.2, 0.25) is 5.02 Å². The van der Waals surface area contributed by atoms with Gasteiger partial charge in [0.15, 0.2) is 5.13 Å². The van der Waals surface area contributed by atoms with Crippen LogP contribution >= 0.6 is 22.9 Å². The fourth-order valence-corrected chi connectivity index (χ4v) is 4.82. The molecule has 4 aromatic carbocycles. The molecular formula is C28H21ClN2O2S. The summed E-state index contributed by atoms with van der Waals surface area (Å²) in [7, 11) is 0. The molecule has 1 amide bonds. The molecule has 0 unspecified atom stereocenters. The molecule has 1 heterocycles. The maximum absolute atomic E-state index is 13.7. The van der Waals surface area contributed by atoms with Crippen LogP contribution in [0.3, 0.4) is 0 Å². The Bertz CT molecular complexity index is 1430. The molecular weight excluding hydrogens is 464 g/mol. The number of hydrogen-bond donors (Lipinski definition) is 0. The lowest BCUT2D eigenvalue weighted by molar-refractivity contribution is 0.0985. The van der Waals surface area contributed by atoms with Crippen LogP contribution in [0.5, 0.6) is 11.5 Å². The summed E-state index contributed by atoms with van der Waals surface area (Å²) in [5.74, 6) is 1.29. The fourth-order valence-electron chi connectivity index (χ4n) is 3.64. The Morgan fingerprint density at radius 3 is 2.24 bits per heavy atom. The number of carbonyl (C=O) groups excluding carboxylic acids is 1. The van der Waals surface area contributed by atoms with Crippen molar-refractivity contribution in [3.8, 4) is 11.5 Å². The lowest BCUT2D eigenvalue weighted by Gasteiger charge is -2.20. The smallest absolute Gasteiger partial charge is 0.260 e. The van der Waals surface area contributed by atoms with Crippen molar-refractivity contribution in [1.29, 1.82) is 0 Å². The number of para-hydroxylation sites is 1. The predicted molar refractivity (Wildman–Crippen MR) is 139 cm³/mol. The Balaban J connectivity index is 1.47. The van der Waals surface area contributed by atoms with E-state index >= 15 is 0 Å². The van der Waals surface area contributed by atoms with Gasteiger partial charge in [0.1, 0.15) is 11.5 Å². The third-order valence-electron chi connectivity index (χ3n) is 5.48. The highest BCUT2D eigenvalue weighted by Crippen LogP contribution is 2.35. The average Bonchev–Trinajstić information content (AvgIpc) is 3.31. The van der Waals surface area contributed by atoms with Gasteiger partial charge in [-0.05, 0) is 66.6 Å². The molecule has 0 saturated heterocycles. The zero-order valence-electron chi connectivity index (χ0n) is 18.4. The topological polar surface area (TPSA) is 42.4 Å². The Labute approximate surface area is 207 Å². The van der Waals surface area contributed by atoms with Crippen molar-refractivity contribution in [1.82, 2.24) is 4.98 Å². The van der Waals surface area contributed by atoms with Crippen LogP contribution in [0.25, 0.3) is 10.2 Å². The second-order valence-corrected chi connectivity index (χ2v) is 9.25. The first-order valence-electron chi connectivity index (χ1n) is 10.8. The van der Waals surface area contributed by atoms with Crippen LogP contribution in [-0.2, 0) is 6.54 Å². The highest BCUT2D eigenvalue weighted by molar-refractivity contribution is 7.22. The van der Waals surface area contributed by atoms with E-state index in [9.17, 15) is 4.79 Å². The third kappa shape index (κ3) is 4.67. The summed E-state index contributed by atoms with van der Waals surface area (Å²) in [6, 6.07) is 30.5. The van der Waals surface area contributed by atoms with Gasteiger partial charge in [0.2, 0.25) is 0 Å². The van der Waals surface area contributed by atoms with E-state index in [1.54, 1.807) is 17.0 Å². The summed E-state index contributed by atoms with van der Waals surface area (Å²) < 4.78 is 6.87. The summed E-state index contributed by atoms with van der Waals surface area (Å²) in [6.07, 6.45) is 0. The predicted octanol–water partition coefficient (Wildman–Crippen LogP) is 7.90. The number of aryl methyl sites for hydroxylation is 1. The molecule has 1 aromatic heterocycles. The second kappa shape index (κ2) is 9.67. The number of thiazole rings is 1. The van der Waals surface area contributed by atoms with Crippen LogP contribution in [0, 0.1) is 6.92 Å². The van der Waals surface area contributed by atoms with E-state index < -0.39 is 0 Å². The number of anilines is 1. The Kier molecular flexibility index (Phi) is 6.30. The van der Waals surface area contributed by atoms with Gasteiger partial charge in [-0.1, -0.05) is 71.5 Å². The molecule has 5 aromatic rings. The molecule has 6 heteroatoms. The van der Waals surface area contributed by atoms with Gasteiger partial charge in [0.25, 0.3) is 5.91 Å². The largest absolute Gasteiger partial charge is 0.457 e. The number of fused-ring (bicyclic) bond motifs is 1. The Morgan fingerprint density at radius 1 is 0.882 bits per heavy atom. The molecule has 0 aliphatic heterocycles. The minimum absolute atomic E-state index is 0.127. The van der Waals surface area contributed by atoms with Gasteiger partial charge in [0.05, 0.1) is 16.8 Å². The number of aromatic nitrogens is 1. The molecule has 0 aliphatic carbocycles. The summed E-state index contributed by atoms with van der Waals surface area (Å²) in [6.45, 7) is 2.36. The van der Waals surface area contributed by atoms with E-state index in [4.69, 9.17) is 21.3 Å². The van der Waals surface area contributed by atoms with E-state index in [-0.39, 0.29) is 5.91 Å². The summed E-state index contributed by atoms with van der Waals surface area (Å²) >= 11 is 7.80. The Morgan fingerprint density at radius 2 is 1.53 bits per heavy atom. The molecule has 168 valence electrons. The standard InChI is InChI=1S/C28H21ClN2O2S/c1-19-24(29)16-17-25-26(19)30-28(34-25)31(18-20-8-4-2-5-9-20)27(32)21-12-14-23(15-13-21)33-22-10-6-3-7-11-22/h2-17H,18H2,1H3. The molecule has 4 nitrogen and oxygen atoms in total. The maximum Gasteiger partial charge on any atom is 0.260 e. The van der Waals surface area contributed by atoms with Crippen LogP contribution in [0.4, 0.5) is 5.13 Å². The highest BCUT2D eigenvalue weighted by atomic mass is 35.5. The van der Waals surface area contributed by atoms with Crippen molar-refractivity contribution in [3.05, 3.63) is 119 Å². The van der Waals surface area contributed by atoms with E-state index in [0.29, 0.717) is 28.0 Å². The minimum atomic E-state index is -0.127. The van der Waals surface area contributed by atoms with E-state index in [1.807, 2.05) is 91.9 Å². The van der Waals surface area contributed by atoms with Gasteiger partial charge >= 0.3 is 0 Å². The molecule has 0 bridgehead atoms. The monoisotopic (exact) mass is 484 g/mol. The number of amides is 1. The van der Waals surface area contributed by atoms with Gasteiger partial charge in [-0.3, -0.25) is 9.69 Å². The minimum Gasteiger partial charge on any atom is -0.457 e. The summed E-state index contributed by atoms with van der Waals surface area (Å²) in [5.41, 5.74) is 3.32. The third-order valence-corrected chi connectivity index (χ3v) is 6.93. The van der Waals surface area contributed by atoms with Gasteiger partial charge < -0.3 is 4.74 Å². The normalized spacial score (nSPS) is 10.9. The number of halogens is 1. The second-order valence-electron chi connectivity index (χ2n) is 7.83. The van der Waals surface area contributed by atoms with Gasteiger partial charge in [-0.25, -0.2) is 4.98 Å². The number of benzene rings is 4. The van der Waals surface area contributed by atoms with Crippen molar-refractivity contribution >= 4 is 44.2 Å². The fraction of sp³-hybridized carbons (Fsp3) is 0.0714. The zero-order chi connectivity index (χ0) is 23.5. The summed E-state index contributed by atoms with van der Waals surface area (Å²) in [4.78, 5) is 20.2. The SMILES string of the molecule is Cc1c(Cl)ccc2sc(N(Cc3ccccc3)C(=O)c3ccc(Oc4ccccc4)cc3)nc12. The molecule has 0 N–H and O–H groups in total. The molecule has 0 fully saturated rings. The summed E-state index contributed by atoms with van der Waals surface area (Å²) in [5, 5.41) is 1.30. The maximum atomic E-state index is 13.7. The zero-order valence-corrected chi connectivity index (χ0v) is 20.0. The van der Waals surface area contributed by atoms with Gasteiger partial charge in [-0.15, -0.1) is 0 Å². The van der Waals surface area contributed by atoms with Crippen molar-refractivity contribution < 1.29 is 9.53 Å². The first-order chi connectivity index (χ1) is 16.6. The Hall–Kier alpha value is -3.67. The van der Waals surface area contributed by atoms with Crippen LogP contribution < -0.4 is 9.64 Å². The van der Waals surface area contributed by atoms with Crippen molar-refractivity contribution in [2.75, 3.05) is 4.90 Å². The number of rotatable bonds is 6. The van der Waals surface area contributed by atoms with E-state index in [1.165, 1.54) is 11.3 Å². The van der Waals surface area contributed by atoms with Crippen molar-refractivity contribution in [2.24, 2.45) is 0 Å². The van der Waals surface area contributed by atoms with Gasteiger partial charge in [0, 0.05) is 10.6 Å². The molecule has 0 saturated carbocycles. The van der Waals surface area contributed by atoms with Crippen molar-refractivity contribution in [3.63, 3.8) is 0 Å². The number of ether oxygens (including phenoxy) is 1. The number of carbonyl (C=O) groups is 1. The molecule has 0 aliphatic rings.